The minimum Gasteiger partial charge on any atom is -0.450 e. The van der Waals surface area contributed by atoms with Gasteiger partial charge in [0.1, 0.15) is 0 Å². The van der Waals surface area contributed by atoms with Crippen molar-refractivity contribution in [3.63, 3.8) is 0 Å². The molecule has 4 rings (SSSR count). The van der Waals surface area contributed by atoms with E-state index in [-0.39, 0.29) is 11.8 Å². The van der Waals surface area contributed by atoms with Gasteiger partial charge in [-0.2, -0.15) is 0 Å². The molecule has 134 valence electrons. The average molecular weight is 372 g/mol. The van der Waals surface area contributed by atoms with Crippen LogP contribution in [-0.2, 0) is 17.7 Å². The van der Waals surface area contributed by atoms with Crippen molar-refractivity contribution >= 4 is 28.1 Å². The van der Waals surface area contributed by atoms with Gasteiger partial charge in [0.25, 0.3) is 5.69 Å². The lowest BCUT2D eigenvalue weighted by molar-refractivity contribution is -0.384. The number of fused-ring (bicyclic) bond motifs is 3. The molecule has 0 N–H and O–H groups in total. The summed E-state index contributed by atoms with van der Waals surface area (Å²) >= 11 is 1.56. The summed E-state index contributed by atoms with van der Waals surface area (Å²) in [7, 11) is 0. The van der Waals surface area contributed by atoms with E-state index in [2.05, 4.69) is 9.38 Å². The van der Waals surface area contributed by atoms with E-state index >= 15 is 0 Å². The summed E-state index contributed by atoms with van der Waals surface area (Å²) in [4.78, 5) is 30.6. The molecule has 1 aromatic carbocycles. The van der Waals surface area contributed by atoms with Crippen LogP contribution >= 0.6 is 11.3 Å². The predicted molar refractivity (Wildman–Crippen MR) is 96.3 cm³/mol. The van der Waals surface area contributed by atoms with E-state index in [1.165, 1.54) is 12.1 Å². The van der Waals surface area contributed by atoms with E-state index in [1.54, 1.807) is 35.3 Å². The molecule has 26 heavy (non-hydrogen) atoms. The summed E-state index contributed by atoms with van der Waals surface area (Å²) in [5.74, 6) is 0. The Bertz CT molecular complexity index is 992. The van der Waals surface area contributed by atoms with Crippen molar-refractivity contribution in [1.29, 1.82) is 0 Å². The molecule has 0 fully saturated rings. The van der Waals surface area contributed by atoms with Crippen LogP contribution < -0.4 is 0 Å². The molecule has 2 aromatic heterocycles. The summed E-state index contributed by atoms with van der Waals surface area (Å²) in [5.41, 5.74) is 2.84. The van der Waals surface area contributed by atoms with Crippen LogP contribution in [0, 0.1) is 10.1 Å². The van der Waals surface area contributed by atoms with E-state index < -0.39 is 4.92 Å². The van der Waals surface area contributed by atoms with Gasteiger partial charge in [0.2, 0.25) is 0 Å². The highest BCUT2D eigenvalue weighted by atomic mass is 32.1. The summed E-state index contributed by atoms with van der Waals surface area (Å²) in [6.07, 6.45) is 2.41. The Labute approximate surface area is 152 Å². The zero-order valence-corrected chi connectivity index (χ0v) is 14.9. The number of amides is 1. The van der Waals surface area contributed by atoms with Crippen molar-refractivity contribution in [3.8, 4) is 11.3 Å². The molecular formula is C17H16N4O4S. The molecule has 0 radical (unpaired) electrons. The number of carbonyl (C=O) groups is 1. The molecule has 0 bridgehead atoms. The molecule has 0 unspecified atom stereocenters. The second kappa shape index (κ2) is 6.41. The van der Waals surface area contributed by atoms with Crippen LogP contribution in [0.3, 0.4) is 0 Å². The Hall–Kier alpha value is -2.94. The van der Waals surface area contributed by atoms with Crippen LogP contribution in [0.2, 0.25) is 0 Å². The van der Waals surface area contributed by atoms with Crippen molar-refractivity contribution in [1.82, 2.24) is 14.3 Å². The lowest BCUT2D eigenvalue weighted by Crippen LogP contribution is -2.36. The van der Waals surface area contributed by atoms with Gasteiger partial charge in [0.05, 0.1) is 23.8 Å². The minimum atomic E-state index is -0.415. The third-order valence-corrected chi connectivity index (χ3v) is 5.44. The van der Waals surface area contributed by atoms with Gasteiger partial charge in [-0.1, -0.05) is 11.3 Å². The maximum atomic E-state index is 11.9. The standard InChI is InChI=1S/C17H16N4O4S/c1-2-25-17(22)19-8-7-14-15(10-19)26-16-18-13(9-20(14)16)11-3-5-12(6-4-11)21(23)24/h3-6,9H,2,7-8,10H2,1H3. The first-order valence-electron chi connectivity index (χ1n) is 8.23. The highest BCUT2D eigenvalue weighted by Crippen LogP contribution is 2.31. The molecule has 3 heterocycles. The number of rotatable bonds is 3. The molecule has 8 nitrogen and oxygen atoms in total. The van der Waals surface area contributed by atoms with Gasteiger partial charge < -0.3 is 9.64 Å². The maximum Gasteiger partial charge on any atom is 0.410 e. The first-order valence-corrected chi connectivity index (χ1v) is 9.04. The largest absolute Gasteiger partial charge is 0.450 e. The topological polar surface area (TPSA) is 90.0 Å². The molecule has 0 saturated carbocycles. The molecule has 3 aromatic rings. The fourth-order valence-corrected chi connectivity index (χ4v) is 4.24. The van der Waals surface area contributed by atoms with Crippen molar-refractivity contribution in [3.05, 3.63) is 51.1 Å². The van der Waals surface area contributed by atoms with Crippen LogP contribution in [0.5, 0.6) is 0 Å². The van der Waals surface area contributed by atoms with Gasteiger partial charge in [0, 0.05) is 47.4 Å². The van der Waals surface area contributed by atoms with Crippen molar-refractivity contribution < 1.29 is 14.5 Å². The number of non-ortho nitro benzene ring substituents is 1. The highest BCUT2D eigenvalue weighted by Gasteiger charge is 2.26. The van der Waals surface area contributed by atoms with Gasteiger partial charge in [-0.25, -0.2) is 9.78 Å². The Balaban J connectivity index is 1.62. The lowest BCUT2D eigenvalue weighted by atomic mass is 10.1. The number of aromatic nitrogens is 2. The number of nitrogens with zero attached hydrogens (tertiary/aromatic N) is 4. The number of thiazole rings is 1. The van der Waals surface area contributed by atoms with E-state index in [0.717, 1.165) is 33.2 Å². The van der Waals surface area contributed by atoms with Crippen LogP contribution in [0.25, 0.3) is 16.2 Å². The smallest absolute Gasteiger partial charge is 0.410 e. The predicted octanol–water partition coefficient (Wildman–Crippen LogP) is 3.49. The molecule has 9 heteroatoms. The zero-order valence-electron chi connectivity index (χ0n) is 14.0. The van der Waals surface area contributed by atoms with Gasteiger partial charge >= 0.3 is 6.09 Å². The summed E-state index contributed by atoms with van der Waals surface area (Å²) in [6.45, 7) is 3.32. The SMILES string of the molecule is CCOC(=O)N1CCc2c(sc3nc(-c4ccc([N+](=O)[O-])cc4)cn23)C1. The van der Waals surface area contributed by atoms with Crippen molar-refractivity contribution in [2.75, 3.05) is 13.2 Å². The number of carbonyl (C=O) groups excluding carboxylic acids is 1. The maximum absolute atomic E-state index is 11.9. The fraction of sp³-hybridized carbons (Fsp3) is 0.294. The van der Waals surface area contributed by atoms with Crippen LogP contribution in [-0.4, -0.2) is 38.5 Å². The lowest BCUT2D eigenvalue weighted by Gasteiger charge is -2.25. The van der Waals surface area contributed by atoms with Crippen molar-refractivity contribution in [2.24, 2.45) is 0 Å². The van der Waals surface area contributed by atoms with E-state index in [1.807, 2.05) is 6.20 Å². The monoisotopic (exact) mass is 372 g/mol. The number of hydrogen-bond acceptors (Lipinski definition) is 6. The highest BCUT2D eigenvalue weighted by molar-refractivity contribution is 7.17. The normalized spacial score (nSPS) is 13.7. The number of benzene rings is 1. The molecule has 0 saturated heterocycles. The average Bonchev–Trinajstić information content (AvgIpc) is 3.19. The number of ether oxygens (including phenoxy) is 1. The van der Waals surface area contributed by atoms with Gasteiger partial charge in [-0.05, 0) is 19.1 Å². The van der Waals surface area contributed by atoms with Gasteiger partial charge in [-0.15, -0.1) is 0 Å². The zero-order chi connectivity index (χ0) is 18.3. The van der Waals surface area contributed by atoms with E-state index in [9.17, 15) is 14.9 Å². The molecule has 1 amide bonds. The summed E-state index contributed by atoms with van der Waals surface area (Å²) < 4.78 is 7.13. The summed E-state index contributed by atoms with van der Waals surface area (Å²) in [6, 6.07) is 6.38. The minimum absolute atomic E-state index is 0.0613. The second-order valence-electron chi connectivity index (χ2n) is 5.93. The van der Waals surface area contributed by atoms with Crippen LogP contribution in [0.1, 0.15) is 17.5 Å². The molecular weight excluding hydrogens is 356 g/mol. The molecule has 0 aliphatic carbocycles. The third-order valence-electron chi connectivity index (χ3n) is 4.35. The second-order valence-corrected chi connectivity index (χ2v) is 6.99. The van der Waals surface area contributed by atoms with Crippen LogP contribution in [0.4, 0.5) is 10.5 Å². The van der Waals surface area contributed by atoms with Crippen LogP contribution in [0.15, 0.2) is 30.5 Å². The van der Waals surface area contributed by atoms with E-state index in [0.29, 0.717) is 19.7 Å². The molecule has 1 aliphatic heterocycles. The third kappa shape index (κ3) is 2.80. The Morgan fingerprint density at radius 3 is 2.85 bits per heavy atom. The number of nitro benzene ring substituents is 1. The molecule has 0 atom stereocenters. The molecule has 0 spiro atoms. The fourth-order valence-electron chi connectivity index (χ4n) is 3.07. The Morgan fingerprint density at radius 2 is 2.15 bits per heavy atom. The van der Waals surface area contributed by atoms with Gasteiger partial charge in [-0.3, -0.25) is 14.5 Å². The van der Waals surface area contributed by atoms with Crippen molar-refractivity contribution in [2.45, 2.75) is 19.9 Å². The Morgan fingerprint density at radius 1 is 1.38 bits per heavy atom. The number of nitro groups is 1. The molecule has 1 aliphatic rings. The summed E-state index contributed by atoms with van der Waals surface area (Å²) in [5, 5.41) is 10.8. The van der Waals surface area contributed by atoms with E-state index in [4.69, 9.17) is 4.74 Å². The first kappa shape index (κ1) is 16.5. The first-order chi connectivity index (χ1) is 12.6. The number of hydrogen-bond donors (Lipinski definition) is 0. The quantitative estimate of drug-likeness (QED) is 0.518. The Kier molecular flexibility index (Phi) is 4.08. The van der Waals surface area contributed by atoms with Gasteiger partial charge in [0.15, 0.2) is 4.96 Å². The number of imidazole rings is 1.